The molecule has 0 spiro atoms. The minimum absolute atomic E-state index is 0.0205. The molecule has 0 aromatic carbocycles. The third kappa shape index (κ3) is 3.24. The van der Waals surface area contributed by atoms with Crippen LogP contribution in [0.2, 0.25) is 0 Å². The van der Waals surface area contributed by atoms with Gasteiger partial charge in [0.05, 0.1) is 11.9 Å². The maximum Gasteiger partial charge on any atom is 0.145 e. The summed E-state index contributed by atoms with van der Waals surface area (Å²) in [7, 11) is 0. The van der Waals surface area contributed by atoms with Crippen molar-refractivity contribution in [3.8, 4) is 0 Å². The summed E-state index contributed by atoms with van der Waals surface area (Å²) in [5.74, 6) is 0. The molecule has 3 nitrogen and oxygen atoms in total. The van der Waals surface area contributed by atoms with E-state index in [1.807, 2.05) is 25.2 Å². The van der Waals surface area contributed by atoms with Crippen molar-refractivity contribution in [2.45, 2.75) is 57.5 Å². The zero-order valence-electron chi connectivity index (χ0n) is 11.3. The summed E-state index contributed by atoms with van der Waals surface area (Å²) >= 11 is 0. The van der Waals surface area contributed by atoms with Crippen molar-refractivity contribution in [2.24, 2.45) is 0 Å². The first-order valence-electron chi connectivity index (χ1n) is 6.51. The summed E-state index contributed by atoms with van der Waals surface area (Å²) in [6.07, 6.45) is 11.0. The van der Waals surface area contributed by atoms with Crippen LogP contribution in [0.15, 0.2) is 36.1 Å². The second-order valence-electron chi connectivity index (χ2n) is 5.51. The van der Waals surface area contributed by atoms with Crippen molar-refractivity contribution in [1.82, 2.24) is 0 Å². The van der Waals surface area contributed by atoms with Crippen molar-refractivity contribution >= 4 is 0 Å². The summed E-state index contributed by atoms with van der Waals surface area (Å²) in [6.45, 7) is 5.98. The maximum absolute atomic E-state index is 10.4. The lowest BCUT2D eigenvalue weighted by Crippen LogP contribution is -2.35. The van der Waals surface area contributed by atoms with E-state index in [9.17, 15) is 5.11 Å². The first-order valence-corrected chi connectivity index (χ1v) is 6.51. The third-order valence-corrected chi connectivity index (χ3v) is 3.39. The molecule has 0 aromatic rings. The van der Waals surface area contributed by atoms with E-state index in [2.05, 4.69) is 19.9 Å². The fourth-order valence-corrected chi connectivity index (χ4v) is 2.26. The Kier molecular flexibility index (Phi) is 3.93. The van der Waals surface area contributed by atoms with Gasteiger partial charge in [0.2, 0.25) is 0 Å². The van der Waals surface area contributed by atoms with Crippen LogP contribution in [0.4, 0.5) is 0 Å². The Morgan fingerprint density at radius 3 is 2.78 bits per heavy atom. The Hall–Kier alpha value is -1.06. The van der Waals surface area contributed by atoms with E-state index >= 15 is 0 Å². The Balaban J connectivity index is 1.83. The van der Waals surface area contributed by atoms with Gasteiger partial charge in [-0.05, 0) is 45.8 Å². The molecule has 0 aromatic heterocycles. The smallest absolute Gasteiger partial charge is 0.145 e. The molecule has 2 rings (SSSR count). The lowest BCUT2D eigenvalue weighted by Gasteiger charge is -2.21. The largest absolute Gasteiger partial charge is 0.491 e. The first-order chi connectivity index (χ1) is 8.50. The standard InChI is InChI=1S/C15H22O3/c1-11(2)7-6-9-15(3,16)14-13(18-14)12-8-4-5-10-17-12/h4-5,7-8,10,12-14,16H,6,9H2,1-3H3. The second-order valence-corrected chi connectivity index (χ2v) is 5.51. The van der Waals surface area contributed by atoms with Gasteiger partial charge in [-0.3, -0.25) is 0 Å². The Labute approximate surface area is 109 Å². The number of allylic oxidation sites excluding steroid dienone is 4. The van der Waals surface area contributed by atoms with Gasteiger partial charge in [0.15, 0.2) is 0 Å². The zero-order chi connectivity index (χ0) is 13.2. The second kappa shape index (κ2) is 5.29. The van der Waals surface area contributed by atoms with Crippen molar-refractivity contribution in [3.05, 3.63) is 36.1 Å². The molecule has 2 heterocycles. The molecular formula is C15H22O3. The van der Waals surface area contributed by atoms with Crippen LogP contribution >= 0.6 is 0 Å². The third-order valence-electron chi connectivity index (χ3n) is 3.39. The van der Waals surface area contributed by atoms with Crippen LogP contribution in [0.3, 0.4) is 0 Å². The Bertz CT molecular complexity index is 375. The predicted molar refractivity (Wildman–Crippen MR) is 71.1 cm³/mol. The number of hydrogen-bond donors (Lipinski definition) is 1. The first kappa shape index (κ1) is 13.4. The van der Waals surface area contributed by atoms with Gasteiger partial charge < -0.3 is 14.6 Å². The fourth-order valence-electron chi connectivity index (χ4n) is 2.26. The SMILES string of the molecule is CC(C)=CCCC(C)(O)C1OC1C1C=CC=CO1. The van der Waals surface area contributed by atoms with Gasteiger partial charge in [-0.2, -0.15) is 0 Å². The highest BCUT2D eigenvalue weighted by atomic mass is 16.6. The summed E-state index contributed by atoms with van der Waals surface area (Å²) < 4.78 is 11.1. The molecule has 3 heteroatoms. The van der Waals surface area contributed by atoms with Crippen LogP contribution in [0.1, 0.15) is 33.6 Å². The van der Waals surface area contributed by atoms with E-state index in [-0.39, 0.29) is 18.3 Å². The molecular weight excluding hydrogens is 228 g/mol. The fraction of sp³-hybridized carbons (Fsp3) is 0.600. The molecule has 4 unspecified atom stereocenters. The summed E-state index contributed by atoms with van der Waals surface area (Å²) in [4.78, 5) is 0. The molecule has 4 atom stereocenters. The van der Waals surface area contributed by atoms with Gasteiger partial charge in [0, 0.05) is 0 Å². The minimum Gasteiger partial charge on any atom is -0.491 e. The van der Waals surface area contributed by atoms with E-state index in [1.54, 1.807) is 6.26 Å². The van der Waals surface area contributed by atoms with Crippen molar-refractivity contribution < 1.29 is 14.6 Å². The van der Waals surface area contributed by atoms with Crippen molar-refractivity contribution in [2.75, 3.05) is 0 Å². The molecule has 0 saturated carbocycles. The molecule has 0 radical (unpaired) electrons. The van der Waals surface area contributed by atoms with E-state index in [0.717, 1.165) is 6.42 Å². The molecule has 0 aliphatic carbocycles. The number of rotatable bonds is 5. The number of epoxide rings is 1. The van der Waals surface area contributed by atoms with Gasteiger partial charge >= 0.3 is 0 Å². The van der Waals surface area contributed by atoms with Crippen molar-refractivity contribution in [3.63, 3.8) is 0 Å². The highest BCUT2D eigenvalue weighted by Gasteiger charge is 2.54. The highest BCUT2D eigenvalue weighted by Crippen LogP contribution is 2.39. The van der Waals surface area contributed by atoms with E-state index in [4.69, 9.17) is 9.47 Å². The quantitative estimate of drug-likeness (QED) is 0.602. The lowest BCUT2D eigenvalue weighted by atomic mass is 9.92. The molecule has 1 saturated heterocycles. The van der Waals surface area contributed by atoms with Gasteiger partial charge in [-0.1, -0.05) is 17.7 Å². The number of ether oxygens (including phenoxy) is 2. The van der Waals surface area contributed by atoms with Gasteiger partial charge in [0.25, 0.3) is 0 Å². The molecule has 2 aliphatic heterocycles. The molecule has 0 amide bonds. The maximum atomic E-state index is 10.4. The van der Waals surface area contributed by atoms with Crippen LogP contribution in [0.5, 0.6) is 0 Å². The Morgan fingerprint density at radius 2 is 2.17 bits per heavy atom. The Morgan fingerprint density at radius 1 is 1.39 bits per heavy atom. The molecule has 1 N–H and O–H groups in total. The summed E-state index contributed by atoms with van der Waals surface area (Å²) in [5, 5.41) is 10.4. The average Bonchev–Trinajstić information content (AvgIpc) is 3.10. The van der Waals surface area contributed by atoms with Gasteiger partial charge in [0.1, 0.15) is 18.3 Å². The molecule has 0 bridgehead atoms. The zero-order valence-corrected chi connectivity index (χ0v) is 11.3. The minimum atomic E-state index is -0.783. The highest BCUT2D eigenvalue weighted by molar-refractivity contribution is 5.15. The molecule has 100 valence electrons. The average molecular weight is 250 g/mol. The van der Waals surface area contributed by atoms with Crippen LogP contribution in [0, 0.1) is 0 Å². The molecule has 18 heavy (non-hydrogen) atoms. The number of aliphatic hydroxyl groups is 1. The van der Waals surface area contributed by atoms with Gasteiger partial charge in [-0.25, -0.2) is 0 Å². The van der Waals surface area contributed by atoms with Crippen LogP contribution in [0.25, 0.3) is 0 Å². The molecule has 1 fully saturated rings. The summed E-state index contributed by atoms with van der Waals surface area (Å²) in [6, 6.07) is 0. The van der Waals surface area contributed by atoms with Crippen LogP contribution in [-0.2, 0) is 9.47 Å². The molecule has 2 aliphatic rings. The van der Waals surface area contributed by atoms with Crippen molar-refractivity contribution in [1.29, 1.82) is 0 Å². The van der Waals surface area contributed by atoms with Gasteiger partial charge in [-0.15, -0.1) is 0 Å². The van der Waals surface area contributed by atoms with E-state index in [1.165, 1.54) is 5.57 Å². The van der Waals surface area contributed by atoms with E-state index in [0.29, 0.717) is 6.42 Å². The topological polar surface area (TPSA) is 42.0 Å². The normalized spacial score (nSPS) is 32.6. The summed E-state index contributed by atoms with van der Waals surface area (Å²) in [5.41, 5.74) is 0.498. The number of hydrogen-bond acceptors (Lipinski definition) is 3. The van der Waals surface area contributed by atoms with Crippen LogP contribution < -0.4 is 0 Å². The predicted octanol–water partition coefficient (Wildman–Crippen LogP) is 2.72. The lowest BCUT2D eigenvalue weighted by molar-refractivity contribution is 0.0223. The monoisotopic (exact) mass is 250 g/mol. The van der Waals surface area contributed by atoms with Crippen LogP contribution in [-0.4, -0.2) is 29.0 Å². The van der Waals surface area contributed by atoms with E-state index < -0.39 is 5.60 Å².